The van der Waals surface area contributed by atoms with Gasteiger partial charge in [-0.25, -0.2) is 4.79 Å². The van der Waals surface area contributed by atoms with Gasteiger partial charge in [-0.3, -0.25) is 4.79 Å². The van der Waals surface area contributed by atoms with E-state index < -0.39 is 5.97 Å². The standard InChI is InChI=1S/C20H18O5/c1-2-14-7-3-5-9-17(14)20(22)25-18-10-6-4-8-15(18)11-19(21)24-13-16-12-23-16/h2-10,16H,1,11-13H2. The smallest absolute Gasteiger partial charge is 0.344 e. The number of benzene rings is 2. The molecule has 1 heterocycles. The monoisotopic (exact) mass is 338 g/mol. The molecule has 5 nitrogen and oxygen atoms in total. The second kappa shape index (κ2) is 7.77. The topological polar surface area (TPSA) is 65.1 Å². The van der Waals surface area contributed by atoms with E-state index in [0.29, 0.717) is 29.0 Å². The van der Waals surface area contributed by atoms with E-state index in [9.17, 15) is 9.59 Å². The van der Waals surface area contributed by atoms with Crippen molar-refractivity contribution in [3.8, 4) is 5.75 Å². The zero-order valence-corrected chi connectivity index (χ0v) is 13.6. The zero-order chi connectivity index (χ0) is 17.6. The Bertz CT molecular complexity index is 792. The van der Waals surface area contributed by atoms with Crippen LogP contribution in [0.2, 0.25) is 0 Å². The largest absolute Gasteiger partial charge is 0.463 e. The molecule has 25 heavy (non-hydrogen) atoms. The van der Waals surface area contributed by atoms with Gasteiger partial charge in [0.25, 0.3) is 0 Å². The summed E-state index contributed by atoms with van der Waals surface area (Å²) < 4.78 is 15.6. The molecule has 0 spiro atoms. The molecule has 1 fully saturated rings. The van der Waals surface area contributed by atoms with Crippen molar-refractivity contribution >= 4 is 18.0 Å². The van der Waals surface area contributed by atoms with E-state index in [4.69, 9.17) is 14.2 Å². The van der Waals surface area contributed by atoms with Gasteiger partial charge in [-0.05, 0) is 17.7 Å². The van der Waals surface area contributed by atoms with Crippen LogP contribution in [-0.4, -0.2) is 31.3 Å². The first-order valence-electron chi connectivity index (χ1n) is 7.96. The molecule has 0 amide bonds. The van der Waals surface area contributed by atoms with Crippen molar-refractivity contribution in [3.63, 3.8) is 0 Å². The number of carbonyl (C=O) groups is 2. The molecule has 0 saturated carbocycles. The maximum atomic E-state index is 12.5. The molecule has 0 bridgehead atoms. The highest BCUT2D eigenvalue weighted by Gasteiger charge is 2.24. The Kier molecular flexibility index (Phi) is 5.26. The van der Waals surface area contributed by atoms with Gasteiger partial charge in [0.05, 0.1) is 18.6 Å². The van der Waals surface area contributed by atoms with Crippen LogP contribution >= 0.6 is 0 Å². The van der Waals surface area contributed by atoms with Gasteiger partial charge >= 0.3 is 11.9 Å². The summed E-state index contributed by atoms with van der Waals surface area (Å²) in [5, 5.41) is 0. The Labute approximate surface area is 145 Å². The average molecular weight is 338 g/mol. The van der Waals surface area contributed by atoms with Gasteiger partial charge in [-0.2, -0.15) is 0 Å². The van der Waals surface area contributed by atoms with Crippen LogP contribution in [-0.2, 0) is 20.7 Å². The van der Waals surface area contributed by atoms with Crippen LogP contribution < -0.4 is 4.74 Å². The highest BCUT2D eigenvalue weighted by molar-refractivity contribution is 5.95. The molecule has 2 aromatic rings. The van der Waals surface area contributed by atoms with Gasteiger partial charge in [0.1, 0.15) is 18.5 Å². The summed E-state index contributed by atoms with van der Waals surface area (Å²) in [6.45, 7) is 4.59. The minimum atomic E-state index is -0.498. The summed E-state index contributed by atoms with van der Waals surface area (Å²) >= 11 is 0. The van der Waals surface area contributed by atoms with Crippen molar-refractivity contribution in [2.24, 2.45) is 0 Å². The molecule has 0 aromatic heterocycles. The highest BCUT2D eigenvalue weighted by atomic mass is 16.6. The van der Waals surface area contributed by atoms with Crippen molar-refractivity contribution in [1.29, 1.82) is 0 Å². The van der Waals surface area contributed by atoms with Gasteiger partial charge in [0.15, 0.2) is 0 Å². The average Bonchev–Trinajstić information content (AvgIpc) is 3.46. The van der Waals surface area contributed by atoms with Crippen molar-refractivity contribution in [2.75, 3.05) is 13.2 Å². The molecule has 0 radical (unpaired) electrons. The summed E-state index contributed by atoms with van der Waals surface area (Å²) in [4.78, 5) is 24.4. The van der Waals surface area contributed by atoms with E-state index in [1.807, 2.05) is 6.07 Å². The van der Waals surface area contributed by atoms with E-state index in [0.717, 1.165) is 0 Å². The van der Waals surface area contributed by atoms with Gasteiger partial charge < -0.3 is 14.2 Å². The van der Waals surface area contributed by atoms with E-state index in [1.54, 1.807) is 48.5 Å². The van der Waals surface area contributed by atoms with E-state index in [2.05, 4.69) is 6.58 Å². The normalized spacial score (nSPS) is 15.3. The SMILES string of the molecule is C=Cc1ccccc1C(=O)Oc1ccccc1CC(=O)OCC1CO1. The molecular formula is C20H18O5. The van der Waals surface area contributed by atoms with E-state index in [-0.39, 0.29) is 25.1 Å². The maximum absolute atomic E-state index is 12.5. The van der Waals surface area contributed by atoms with Crippen molar-refractivity contribution in [3.05, 3.63) is 71.8 Å². The van der Waals surface area contributed by atoms with Crippen LogP contribution in [0.15, 0.2) is 55.1 Å². The number of esters is 2. The Hall–Kier alpha value is -2.92. The van der Waals surface area contributed by atoms with Crippen LogP contribution in [0.25, 0.3) is 6.08 Å². The lowest BCUT2D eigenvalue weighted by Gasteiger charge is -2.11. The van der Waals surface area contributed by atoms with Crippen molar-refractivity contribution in [1.82, 2.24) is 0 Å². The summed E-state index contributed by atoms with van der Waals surface area (Å²) in [6, 6.07) is 13.9. The second-order valence-corrected chi connectivity index (χ2v) is 5.60. The quantitative estimate of drug-likeness (QED) is 0.441. The summed E-state index contributed by atoms with van der Waals surface area (Å²) in [5.74, 6) is -0.542. The lowest BCUT2D eigenvalue weighted by Crippen LogP contribution is -2.15. The van der Waals surface area contributed by atoms with E-state index in [1.165, 1.54) is 0 Å². The number of rotatable bonds is 7. The molecule has 1 saturated heterocycles. The van der Waals surface area contributed by atoms with Crippen molar-refractivity contribution in [2.45, 2.75) is 12.5 Å². The molecule has 5 heteroatoms. The Morgan fingerprint density at radius 3 is 2.64 bits per heavy atom. The molecule has 1 atom stereocenters. The van der Waals surface area contributed by atoms with E-state index >= 15 is 0 Å². The third-order valence-electron chi connectivity index (χ3n) is 3.74. The zero-order valence-electron chi connectivity index (χ0n) is 13.6. The molecule has 2 aromatic carbocycles. The minimum absolute atomic E-state index is 0.0208. The Morgan fingerprint density at radius 1 is 1.16 bits per heavy atom. The first kappa shape index (κ1) is 16.9. The number of epoxide rings is 1. The molecule has 1 aliphatic rings. The lowest BCUT2D eigenvalue weighted by atomic mass is 10.1. The lowest BCUT2D eigenvalue weighted by molar-refractivity contribution is -0.143. The Morgan fingerprint density at radius 2 is 1.88 bits per heavy atom. The van der Waals surface area contributed by atoms with Crippen LogP contribution in [0, 0.1) is 0 Å². The fraction of sp³-hybridized carbons (Fsp3) is 0.200. The summed E-state index contributed by atoms with van der Waals surface area (Å²) in [5.41, 5.74) is 1.70. The molecule has 3 rings (SSSR count). The van der Waals surface area contributed by atoms with Crippen LogP contribution in [0.4, 0.5) is 0 Å². The van der Waals surface area contributed by atoms with Gasteiger partial charge in [-0.1, -0.05) is 49.1 Å². The minimum Gasteiger partial charge on any atom is -0.463 e. The molecule has 0 N–H and O–H groups in total. The predicted octanol–water partition coefficient (Wildman–Crippen LogP) is 3.03. The number of ether oxygens (including phenoxy) is 3. The van der Waals surface area contributed by atoms with Crippen LogP contribution in [0.1, 0.15) is 21.5 Å². The Balaban J connectivity index is 1.70. The third-order valence-corrected chi connectivity index (χ3v) is 3.74. The van der Waals surface area contributed by atoms with Crippen LogP contribution in [0.5, 0.6) is 5.75 Å². The van der Waals surface area contributed by atoms with Gasteiger partial charge in [0, 0.05) is 5.56 Å². The number of hydrogen-bond acceptors (Lipinski definition) is 5. The highest BCUT2D eigenvalue weighted by Crippen LogP contribution is 2.22. The predicted molar refractivity (Wildman–Crippen MR) is 92.3 cm³/mol. The number of para-hydroxylation sites is 1. The fourth-order valence-corrected chi connectivity index (χ4v) is 2.32. The number of carbonyl (C=O) groups excluding carboxylic acids is 2. The first-order valence-corrected chi connectivity index (χ1v) is 7.96. The van der Waals surface area contributed by atoms with Crippen molar-refractivity contribution < 1.29 is 23.8 Å². The molecule has 1 unspecified atom stereocenters. The second-order valence-electron chi connectivity index (χ2n) is 5.60. The number of hydrogen-bond donors (Lipinski definition) is 0. The maximum Gasteiger partial charge on any atom is 0.344 e. The summed E-state index contributed by atoms with van der Waals surface area (Å²) in [6.07, 6.45) is 1.64. The molecule has 0 aliphatic carbocycles. The van der Waals surface area contributed by atoms with Gasteiger partial charge in [-0.15, -0.1) is 0 Å². The summed E-state index contributed by atoms with van der Waals surface area (Å²) in [7, 11) is 0. The van der Waals surface area contributed by atoms with Gasteiger partial charge in [0.2, 0.25) is 0 Å². The third kappa shape index (κ3) is 4.55. The molecular weight excluding hydrogens is 320 g/mol. The first-order chi connectivity index (χ1) is 12.2. The molecule has 1 aliphatic heterocycles. The fourth-order valence-electron chi connectivity index (χ4n) is 2.32. The molecule has 128 valence electrons. The van der Waals surface area contributed by atoms with Crippen LogP contribution in [0.3, 0.4) is 0 Å².